The number of carbonyl (C=O) groups is 2. The highest BCUT2D eigenvalue weighted by atomic mass is 19.1. The van der Waals surface area contributed by atoms with Gasteiger partial charge in [-0.15, -0.1) is 0 Å². The smallest absolute Gasteiger partial charge is 0.248 e. The Labute approximate surface area is 176 Å². The lowest BCUT2D eigenvalue weighted by atomic mass is 9.88. The predicted molar refractivity (Wildman–Crippen MR) is 112 cm³/mol. The number of amides is 2. The number of carbonyl (C=O) groups excluding carboxylic acids is 2. The number of likely N-dealkylation sites (tertiary alicyclic amines) is 1. The summed E-state index contributed by atoms with van der Waals surface area (Å²) < 4.78 is 15.2. The number of halogens is 1. The standard InChI is InChI=1S/C23H29FN4O2/c1-16-14-25-28(15-17-7-5-10-19(24)13-17)21(16)26-22(29)20-11-6-12-27(20)23(30)18-8-3-2-4-9-18/h5,7,10,13-14,18,20H,2-4,6,8-9,11-12,15H2,1H3,(H,26,29)/t20-/m0/s1. The summed E-state index contributed by atoms with van der Waals surface area (Å²) in [6.07, 6.45) is 8.47. The average molecular weight is 413 g/mol. The van der Waals surface area contributed by atoms with Crippen molar-refractivity contribution in [1.82, 2.24) is 14.7 Å². The summed E-state index contributed by atoms with van der Waals surface area (Å²) >= 11 is 0. The van der Waals surface area contributed by atoms with E-state index < -0.39 is 6.04 Å². The lowest BCUT2D eigenvalue weighted by molar-refractivity contribution is -0.141. The van der Waals surface area contributed by atoms with Crippen molar-refractivity contribution in [3.05, 3.63) is 47.4 Å². The second-order valence-electron chi connectivity index (χ2n) is 8.48. The van der Waals surface area contributed by atoms with Crippen molar-refractivity contribution >= 4 is 17.6 Å². The van der Waals surface area contributed by atoms with Gasteiger partial charge in [0, 0.05) is 18.0 Å². The van der Waals surface area contributed by atoms with Gasteiger partial charge in [0.2, 0.25) is 11.8 Å². The summed E-state index contributed by atoms with van der Waals surface area (Å²) in [6, 6.07) is 5.92. The van der Waals surface area contributed by atoms with Gasteiger partial charge in [0.05, 0.1) is 12.7 Å². The van der Waals surface area contributed by atoms with Gasteiger partial charge in [0.25, 0.3) is 0 Å². The number of anilines is 1. The van der Waals surface area contributed by atoms with Crippen LogP contribution in [0.2, 0.25) is 0 Å². The first-order valence-electron chi connectivity index (χ1n) is 10.9. The number of rotatable bonds is 5. The molecule has 0 radical (unpaired) electrons. The first-order valence-corrected chi connectivity index (χ1v) is 10.9. The van der Waals surface area contributed by atoms with Crippen molar-refractivity contribution < 1.29 is 14.0 Å². The van der Waals surface area contributed by atoms with E-state index in [0.717, 1.165) is 43.2 Å². The molecule has 2 amide bonds. The molecule has 1 atom stereocenters. The van der Waals surface area contributed by atoms with E-state index in [1.165, 1.54) is 18.6 Å². The zero-order valence-electron chi connectivity index (χ0n) is 17.4. The molecule has 2 aromatic rings. The van der Waals surface area contributed by atoms with Crippen molar-refractivity contribution in [1.29, 1.82) is 0 Å². The summed E-state index contributed by atoms with van der Waals surface area (Å²) in [6.45, 7) is 2.88. The van der Waals surface area contributed by atoms with E-state index in [1.54, 1.807) is 21.8 Å². The molecule has 1 aliphatic heterocycles. The Morgan fingerprint density at radius 1 is 1.17 bits per heavy atom. The van der Waals surface area contributed by atoms with Gasteiger partial charge in [0.15, 0.2) is 0 Å². The number of hydrogen-bond acceptors (Lipinski definition) is 3. The number of nitrogens with one attached hydrogen (secondary N) is 1. The molecule has 6 nitrogen and oxygen atoms in total. The van der Waals surface area contributed by atoms with Gasteiger partial charge in [0.1, 0.15) is 17.7 Å². The highest BCUT2D eigenvalue weighted by molar-refractivity contribution is 5.97. The van der Waals surface area contributed by atoms with Crippen LogP contribution < -0.4 is 5.32 Å². The fourth-order valence-corrected chi connectivity index (χ4v) is 4.66. The molecule has 1 N–H and O–H groups in total. The van der Waals surface area contributed by atoms with E-state index in [9.17, 15) is 14.0 Å². The van der Waals surface area contributed by atoms with Gasteiger partial charge in [-0.2, -0.15) is 5.10 Å². The van der Waals surface area contributed by atoms with Crippen LogP contribution in [0.5, 0.6) is 0 Å². The van der Waals surface area contributed by atoms with Gasteiger partial charge >= 0.3 is 0 Å². The van der Waals surface area contributed by atoms with Crippen LogP contribution in [0.4, 0.5) is 10.2 Å². The molecule has 2 fully saturated rings. The van der Waals surface area contributed by atoms with Crippen molar-refractivity contribution in [2.75, 3.05) is 11.9 Å². The highest BCUT2D eigenvalue weighted by Gasteiger charge is 2.37. The Morgan fingerprint density at radius 2 is 1.97 bits per heavy atom. The number of nitrogens with zero attached hydrogens (tertiary/aromatic N) is 3. The number of aryl methyl sites for hydroxylation is 1. The highest BCUT2D eigenvalue weighted by Crippen LogP contribution is 2.29. The maximum Gasteiger partial charge on any atom is 0.248 e. The topological polar surface area (TPSA) is 67.2 Å². The van der Waals surface area contributed by atoms with Gasteiger partial charge in [-0.05, 0) is 50.3 Å². The lowest BCUT2D eigenvalue weighted by Gasteiger charge is -2.30. The Morgan fingerprint density at radius 3 is 2.73 bits per heavy atom. The Balaban J connectivity index is 1.46. The number of benzene rings is 1. The minimum Gasteiger partial charge on any atom is -0.330 e. The molecular weight excluding hydrogens is 383 g/mol. The molecule has 1 aliphatic carbocycles. The van der Waals surface area contributed by atoms with Crippen LogP contribution in [-0.2, 0) is 16.1 Å². The maximum absolute atomic E-state index is 13.5. The molecule has 2 heterocycles. The van der Waals surface area contributed by atoms with Crippen LogP contribution in [0.1, 0.15) is 56.1 Å². The zero-order valence-corrected chi connectivity index (χ0v) is 17.4. The molecule has 0 spiro atoms. The predicted octanol–water partition coefficient (Wildman–Crippen LogP) is 3.89. The third kappa shape index (κ3) is 4.40. The first-order chi connectivity index (χ1) is 14.5. The third-order valence-corrected chi connectivity index (χ3v) is 6.28. The molecule has 1 aromatic heterocycles. The van der Waals surface area contributed by atoms with E-state index in [0.29, 0.717) is 25.3 Å². The SMILES string of the molecule is Cc1cnn(Cc2cccc(F)c2)c1NC(=O)[C@@H]1CCCN1C(=O)C1CCCCC1. The maximum atomic E-state index is 13.5. The molecule has 7 heteroatoms. The van der Waals surface area contributed by atoms with Crippen molar-refractivity contribution in [3.8, 4) is 0 Å². The molecule has 30 heavy (non-hydrogen) atoms. The fourth-order valence-electron chi connectivity index (χ4n) is 4.66. The summed E-state index contributed by atoms with van der Waals surface area (Å²) in [5.41, 5.74) is 1.60. The Hall–Kier alpha value is -2.70. The first kappa shape index (κ1) is 20.6. The van der Waals surface area contributed by atoms with Gasteiger partial charge < -0.3 is 10.2 Å². The second kappa shape index (κ2) is 8.98. The number of aromatic nitrogens is 2. The monoisotopic (exact) mass is 412 g/mol. The average Bonchev–Trinajstić information content (AvgIpc) is 3.36. The van der Waals surface area contributed by atoms with E-state index in [-0.39, 0.29) is 23.5 Å². The van der Waals surface area contributed by atoms with Crippen molar-refractivity contribution in [2.24, 2.45) is 5.92 Å². The van der Waals surface area contributed by atoms with Crippen LogP contribution >= 0.6 is 0 Å². The van der Waals surface area contributed by atoms with Crippen LogP contribution in [-0.4, -0.2) is 39.1 Å². The molecule has 4 rings (SSSR count). The molecular formula is C23H29FN4O2. The molecule has 160 valence electrons. The molecule has 1 saturated carbocycles. The quantitative estimate of drug-likeness (QED) is 0.810. The number of hydrogen-bond donors (Lipinski definition) is 1. The van der Waals surface area contributed by atoms with Crippen LogP contribution in [0.15, 0.2) is 30.5 Å². The van der Waals surface area contributed by atoms with Crippen LogP contribution in [0.3, 0.4) is 0 Å². The van der Waals surface area contributed by atoms with Crippen LogP contribution in [0, 0.1) is 18.7 Å². The van der Waals surface area contributed by atoms with Crippen LogP contribution in [0.25, 0.3) is 0 Å². The Bertz CT molecular complexity index is 920. The second-order valence-corrected chi connectivity index (χ2v) is 8.48. The van der Waals surface area contributed by atoms with Crippen molar-refractivity contribution in [2.45, 2.75) is 64.5 Å². The summed E-state index contributed by atoms with van der Waals surface area (Å²) in [5, 5.41) is 7.34. The molecule has 2 aliphatic rings. The third-order valence-electron chi connectivity index (χ3n) is 6.28. The minimum absolute atomic E-state index is 0.0624. The summed E-state index contributed by atoms with van der Waals surface area (Å²) in [7, 11) is 0. The molecule has 1 aromatic carbocycles. The largest absolute Gasteiger partial charge is 0.330 e. The van der Waals surface area contributed by atoms with Gasteiger partial charge in [-0.3, -0.25) is 9.59 Å². The van der Waals surface area contributed by atoms with E-state index >= 15 is 0 Å². The van der Waals surface area contributed by atoms with E-state index in [1.807, 2.05) is 13.0 Å². The van der Waals surface area contributed by atoms with E-state index in [2.05, 4.69) is 10.4 Å². The summed E-state index contributed by atoms with van der Waals surface area (Å²) in [5.74, 6) is 0.330. The molecule has 1 saturated heterocycles. The van der Waals surface area contributed by atoms with E-state index in [4.69, 9.17) is 0 Å². The summed E-state index contributed by atoms with van der Waals surface area (Å²) in [4.78, 5) is 27.9. The normalized spacial score (nSPS) is 19.8. The lowest BCUT2D eigenvalue weighted by Crippen LogP contribution is -2.46. The fraction of sp³-hybridized carbons (Fsp3) is 0.522. The van der Waals surface area contributed by atoms with Gasteiger partial charge in [-0.25, -0.2) is 9.07 Å². The molecule has 0 bridgehead atoms. The van der Waals surface area contributed by atoms with Crippen molar-refractivity contribution in [3.63, 3.8) is 0 Å². The van der Waals surface area contributed by atoms with Gasteiger partial charge in [-0.1, -0.05) is 31.4 Å². The Kier molecular flexibility index (Phi) is 6.16. The molecule has 0 unspecified atom stereocenters. The minimum atomic E-state index is -0.434. The zero-order chi connectivity index (χ0) is 21.1.